The number of nitrogens with one attached hydrogen (secondary N) is 1. The van der Waals surface area contributed by atoms with Crippen molar-refractivity contribution in [3.8, 4) is 5.75 Å². The number of rotatable bonds is 6. The molecule has 2 aromatic rings. The first kappa shape index (κ1) is 18.5. The topological polar surface area (TPSA) is 58.6 Å². The van der Waals surface area contributed by atoms with Crippen LogP contribution in [0.25, 0.3) is 0 Å². The highest BCUT2D eigenvalue weighted by molar-refractivity contribution is 7.14. The van der Waals surface area contributed by atoms with E-state index in [-0.39, 0.29) is 12.5 Å². The number of amides is 1. The van der Waals surface area contributed by atoms with E-state index < -0.39 is 0 Å². The number of hydrogen-bond acceptors (Lipinski definition) is 4. The number of ether oxygens (including phenoxy) is 1. The fourth-order valence-corrected chi connectivity index (χ4v) is 5.86. The molecule has 0 unspecified atom stereocenters. The minimum atomic E-state index is 0.000692. The minimum absolute atomic E-state index is 0.000692. The summed E-state index contributed by atoms with van der Waals surface area (Å²) in [5.41, 5.74) is 5.22. The summed E-state index contributed by atoms with van der Waals surface area (Å²) >= 11 is 1.65. The van der Waals surface area contributed by atoms with Crippen molar-refractivity contribution in [2.45, 2.75) is 46.6 Å². The summed E-state index contributed by atoms with van der Waals surface area (Å²) in [6, 6.07) is 5.88. The number of aliphatic hydroxyl groups is 1. The first-order valence-electron chi connectivity index (χ1n) is 9.58. The molecule has 5 heteroatoms. The van der Waals surface area contributed by atoms with Crippen LogP contribution in [-0.2, 0) is 13.0 Å². The van der Waals surface area contributed by atoms with Crippen molar-refractivity contribution >= 4 is 17.2 Å². The second-order valence-corrected chi connectivity index (χ2v) is 9.57. The van der Waals surface area contributed by atoms with Crippen molar-refractivity contribution in [1.82, 2.24) is 5.32 Å². The lowest BCUT2D eigenvalue weighted by atomic mass is 9.95. The molecule has 1 fully saturated rings. The lowest BCUT2D eigenvalue weighted by Crippen LogP contribution is -2.23. The molecule has 1 aromatic carbocycles. The van der Waals surface area contributed by atoms with Crippen LogP contribution in [0.5, 0.6) is 5.75 Å². The van der Waals surface area contributed by atoms with Gasteiger partial charge < -0.3 is 15.2 Å². The Morgan fingerprint density at radius 1 is 1.37 bits per heavy atom. The van der Waals surface area contributed by atoms with Gasteiger partial charge in [0.15, 0.2) is 0 Å². The second kappa shape index (κ2) is 6.64. The van der Waals surface area contributed by atoms with E-state index >= 15 is 0 Å². The summed E-state index contributed by atoms with van der Waals surface area (Å²) in [6.45, 7) is 9.62. The number of thiophene rings is 1. The van der Waals surface area contributed by atoms with Crippen molar-refractivity contribution in [1.29, 1.82) is 0 Å². The van der Waals surface area contributed by atoms with Crippen molar-refractivity contribution < 1.29 is 14.6 Å². The first-order chi connectivity index (χ1) is 12.8. The molecule has 4 rings (SSSR count). The highest BCUT2D eigenvalue weighted by Gasteiger charge is 2.63. The molecule has 4 nitrogen and oxygen atoms in total. The molecule has 1 saturated carbocycles. The minimum Gasteiger partial charge on any atom is -0.491 e. The van der Waals surface area contributed by atoms with Crippen LogP contribution >= 0.6 is 11.3 Å². The summed E-state index contributed by atoms with van der Waals surface area (Å²) in [4.78, 5) is 15.0. The Morgan fingerprint density at radius 3 is 2.85 bits per heavy atom. The third-order valence-electron chi connectivity index (χ3n) is 6.27. The van der Waals surface area contributed by atoms with Gasteiger partial charge in [-0.25, -0.2) is 0 Å². The summed E-state index contributed by atoms with van der Waals surface area (Å²) < 4.78 is 5.48. The molecule has 1 amide bonds. The van der Waals surface area contributed by atoms with E-state index in [2.05, 4.69) is 26.1 Å². The van der Waals surface area contributed by atoms with Gasteiger partial charge in [-0.3, -0.25) is 4.79 Å². The zero-order valence-corrected chi connectivity index (χ0v) is 17.2. The smallest absolute Gasteiger partial charge is 0.261 e. The standard InChI is InChI=1S/C22H27NO3S/c1-12-9-14(5-6-17(12)26-8-7-24)11-23-21(25)20-15-10-16-19(22(16,3)4)18(15)13(2)27-20/h5-6,9,16,19,24H,7-8,10-11H2,1-4H3,(H,23,25)/t16-,19-/m1/s1. The largest absolute Gasteiger partial charge is 0.491 e. The lowest BCUT2D eigenvalue weighted by Gasteiger charge is -2.12. The van der Waals surface area contributed by atoms with Crippen molar-refractivity contribution in [3.63, 3.8) is 0 Å². The van der Waals surface area contributed by atoms with Gasteiger partial charge >= 0.3 is 0 Å². The average molecular weight is 386 g/mol. The molecule has 2 aliphatic carbocycles. The number of carbonyl (C=O) groups is 1. The molecule has 0 saturated heterocycles. The Bertz CT molecular complexity index is 899. The van der Waals surface area contributed by atoms with Gasteiger partial charge in [0.2, 0.25) is 0 Å². The van der Waals surface area contributed by atoms with Gasteiger partial charge in [-0.05, 0) is 65.8 Å². The molecule has 0 spiro atoms. The quantitative estimate of drug-likeness (QED) is 0.791. The summed E-state index contributed by atoms with van der Waals surface area (Å²) in [5.74, 6) is 2.18. The van der Waals surface area contributed by atoms with Gasteiger partial charge in [-0.1, -0.05) is 26.0 Å². The first-order valence-corrected chi connectivity index (χ1v) is 10.4. The zero-order chi connectivity index (χ0) is 19.3. The van der Waals surface area contributed by atoms with Gasteiger partial charge in [0.1, 0.15) is 12.4 Å². The van der Waals surface area contributed by atoms with Crippen LogP contribution in [0.15, 0.2) is 18.2 Å². The van der Waals surface area contributed by atoms with Crippen molar-refractivity contribution in [2.24, 2.45) is 11.3 Å². The van der Waals surface area contributed by atoms with E-state index in [4.69, 9.17) is 9.84 Å². The molecule has 2 aliphatic rings. The van der Waals surface area contributed by atoms with Gasteiger partial charge in [0, 0.05) is 11.4 Å². The van der Waals surface area contributed by atoms with E-state index in [1.807, 2.05) is 25.1 Å². The van der Waals surface area contributed by atoms with Crippen LogP contribution in [-0.4, -0.2) is 24.2 Å². The van der Waals surface area contributed by atoms with Crippen LogP contribution in [0.2, 0.25) is 0 Å². The zero-order valence-electron chi connectivity index (χ0n) is 16.4. The molecule has 27 heavy (non-hydrogen) atoms. The highest BCUT2D eigenvalue weighted by atomic mass is 32.1. The van der Waals surface area contributed by atoms with Gasteiger partial charge in [0.25, 0.3) is 5.91 Å². The van der Waals surface area contributed by atoms with E-state index in [1.54, 1.807) is 11.3 Å². The molecule has 0 aliphatic heterocycles. The van der Waals surface area contributed by atoms with E-state index in [9.17, 15) is 4.79 Å². The van der Waals surface area contributed by atoms with Crippen molar-refractivity contribution in [3.05, 3.63) is 50.2 Å². The maximum Gasteiger partial charge on any atom is 0.261 e. The molecule has 0 bridgehead atoms. The van der Waals surface area contributed by atoms with Crippen LogP contribution in [0.4, 0.5) is 0 Å². The summed E-state index contributed by atoms with van der Waals surface area (Å²) in [7, 11) is 0. The van der Waals surface area contributed by atoms with Crippen LogP contribution in [0.3, 0.4) is 0 Å². The second-order valence-electron chi connectivity index (χ2n) is 8.34. The number of fused-ring (bicyclic) bond motifs is 3. The summed E-state index contributed by atoms with van der Waals surface area (Å²) in [6.07, 6.45) is 1.05. The Hall–Kier alpha value is -1.85. The third kappa shape index (κ3) is 3.07. The monoisotopic (exact) mass is 385 g/mol. The molecule has 2 N–H and O–H groups in total. The van der Waals surface area contributed by atoms with E-state index in [0.29, 0.717) is 24.5 Å². The Labute approximate surface area is 164 Å². The van der Waals surface area contributed by atoms with Gasteiger partial charge in [-0.2, -0.15) is 0 Å². The predicted molar refractivity (Wildman–Crippen MR) is 108 cm³/mol. The molecular weight excluding hydrogens is 358 g/mol. The maximum atomic E-state index is 12.8. The van der Waals surface area contributed by atoms with Crippen molar-refractivity contribution in [2.75, 3.05) is 13.2 Å². The lowest BCUT2D eigenvalue weighted by molar-refractivity contribution is 0.0954. The number of aryl methyl sites for hydroxylation is 2. The number of hydrogen-bond donors (Lipinski definition) is 2. The Kier molecular flexibility index (Phi) is 4.55. The molecular formula is C22H27NO3S. The summed E-state index contributed by atoms with van der Waals surface area (Å²) in [5, 5.41) is 12.0. The molecule has 2 atom stereocenters. The van der Waals surface area contributed by atoms with Crippen LogP contribution in [0.1, 0.15) is 56.6 Å². The average Bonchev–Trinajstić information content (AvgIpc) is 2.96. The normalized spacial score (nSPS) is 21.5. The Morgan fingerprint density at radius 2 is 2.15 bits per heavy atom. The molecule has 1 aromatic heterocycles. The number of aliphatic hydroxyl groups excluding tert-OH is 1. The fraction of sp³-hybridized carbons (Fsp3) is 0.500. The fourth-order valence-electron chi connectivity index (χ4n) is 4.72. The van der Waals surface area contributed by atoms with Gasteiger partial charge in [-0.15, -0.1) is 11.3 Å². The maximum absolute atomic E-state index is 12.8. The number of carbonyl (C=O) groups excluding carboxylic acids is 1. The van der Waals surface area contributed by atoms with E-state index in [0.717, 1.165) is 34.1 Å². The molecule has 0 radical (unpaired) electrons. The SMILES string of the molecule is Cc1cc(CNC(=O)c2sc(C)c3c2C[C@@H]2[C@H]3C2(C)C)ccc1OCCO. The van der Waals surface area contributed by atoms with Crippen LogP contribution in [0, 0.1) is 25.2 Å². The van der Waals surface area contributed by atoms with Gasteiger partial charge in [0.05, 0.1) is 11.5 Å². The predicted octanol–water partition coefficient (Wildman–Crippen LogP) is 3.96. The Balaban J connectivity index is 1.43. The third-order valence-corrected chi connectivity index (χ3v) is 7.43. The number of benzene rings is 1. The highest BCUT2D eigenvalue weighted by Crippen LogP contribution is 2.71. The molecule has 144 valence electrons. The van der Waals surface area contributed by atoms with E-state index in [1.165, 1.54) is 16.0 Å². The van der Waals surface area contributed by atoms with Crippen LogP contribution < -0.4 is 10.1 Å². The molecule has 1 heterocycles.